The zero-order valence-corrected chi connectivity index (χ0v) is 21.2. The maximum absolute atomic E-state index is 13.7. The van der Waals surface area contributed by atoms with Crippen LogP contribution in [0.5, 0.6) is 0 Å². The maximum atomic E-state index is 13.7. The molecule has 178 valence electrons. The molecule has 3 aromatic carbocycles. The molecular weight excluding hydrogens is 490 g/mol. The van der Waals surface area contributed by atoms with Gasteiger partial charge in [-0.15, -0.1) is 0 Å². The summed E-state index contributed by atoms with van der Waals surface area (Å²) in [5.74, 6) is -0.388. The third-order valence-electron chi connectivity index (χ3n) is 5.64. The molecule has 5 rings (SSSR count). The number of carbonyl (C=O) groups excluding carboxylic acids is 2. The van der Waals surface area contributed by atoms with Gasteiger partial charge >= 0.3 is 0 Å². The number of amidine groups is 1. The molecule has 0 unspecified atom stereocenters. The number of benzene rings is 3. The first-order chi connectivity index (χ1) is 17.4. The minimum atomic E-state index is -0.277. The van der Waals surface area contributed by atoms with Gasteiger partial charge in [-0.2, -0.15) is 5.26 Å². The number of hydrogen-bond donors (Lipinski definition) is 1. The molecule has 3 aromatic rings. The lowest BCUT2D eigenvalue weighted by atomic mass is 10.1. The van der Waals surface area contributed by atoms with Crippen molar-refractivity contribution in [3.8, 4) is 6.07 Å². The molecular formula is C27H21N5O2S2. The van der Waals surface area contributed by atoms with Crippen LogP contribution in [-0.4, -0.2) is 28.9 Å². The third kappa shape index (κ3) is 4.61. The number of nitrogens with zero attached hydrogens (tertiary/aromatic N) is 4. The summed E-state index contributed by atoms with van der Waals surface area (Å²) >= 11 is 2.91. The largest absolute Gasteiger partial charge is 0.337 e. The Morgan fingerprint density at radius 1 is 1.06 bits per heavy atom. The normalized spacial score (nSPS) is 17.9. The summed E-state index contributed by atoms with van der Waals surface area (Å²) in [6, 6.07) is 24.9. The van der Waals surface area contributed by atoms with Crippen LogP contribution in [-0.2, 0) is 16.1 Å². The highest BCUT2D eigenvalue weighted by atomic mass is 32.2. The van der Waals surface area contributed by atoms with Crippen molar-refractivity contribution in [1.29, 1.82) is 5.26 Å². The summed E-state index contributed by atoms with van der Waals surface area (Å²) in [5, 5.41) is 13.5. The van der Waals surface area contributed by atoms with Crippen LogP contribution in [0.25, 0.3) is 0 Å². The van der Waals surface area contributed by atoms with Gasteiger partial charge in [0.2, 0.25) is 5.91 Å². The molecule has 0 aromatic heterocycles. The summed E-state index contributed by atoms with van der Waals surface area (Å²) in [5.41, 5.74) is 3.31. The number of para-hydroxylation sites is 1. The molecule has 2 aliphatic rings. The highest BCUT2D eigenvalue weighted by molar-refractivity contribution is 8.19. The molecule has 1 N–H and O–H groups in total. The first kappa shape index (κ1) is 23.7. The standard InChI is InChI=1S/C27H21N5O2S2/c1-17(33)29-21-14-20(13-12-19(21)15-28)30-27-32(16-18-8-4-3-5-9-18)25(34)24(36-27)26-31(2)22-10-6-7-11-23(22)35-26/h3-14H,16H2,1-2H3,(H,29,33)/b26-24+,30-27?. The van der Waals surface area contributed by atoms with E-state index in [0.717, 1.165) is 21.2 Å². The summed E-state index contributed by atoms with van der Waals surface area (Å²) in [4.78, 5) is 35.6. The Balaban J connectivity index is 1.56. The maximum Gasteiger partial charge on any atom is 0.269 e. The van der Waals surface area contributed by atoms with Gasteiger partial charge in [-0.3, -0.25) is 14.5 Å². The molecule has 2 heterocycles. The lowest BCUT2D eigenvalue weighted by Crippen LogP contribution is -2.29. The van der Waals surface area contributed by atoms with Crippen molar-refractivity contribution < 1.29 is 9.59 Å². The fourth-order valence-electron chi connectivity index (χ4n) is 3.93. The van der Waals surface area contributed by atoms with E-state index >= 15 is 0 Å². The van der Waals surface area contributed by atoms with E-state index in [9.17, 15) is 14.9 Å². The molecule has 9 heteroatoms. The second-order valence-corrected chi connectivity index (χ2v) is 10.2. The van der Waals surface area contributed by atoms with Gasteiger partial charge in [0.05, 0.1) is 34.2 Å². The molecule has 0 bridgehead atoms. The zero-order chi connectivity index (χ0) is 25.2. The summed E-state index contributed by atoms with van der Waals surface area (Å²) in [6.07, 6.45) is 0. The van der Waals surface area contributed by atoms with E-state index < -0.39 is 0 Å². The average molecular weight is 512 g/mol. The minimum absolute atomic E-state index is 0.111. The van der Waals surface area contributed by atoms with Crippen molar-refractivity contribution in [2.24, 2.45) is 4.99 Å². The van der Waals surface area contributed by atoms with Crippen LogP contribution in [0.1, 0.15) is 18.1 Å². The van der Waals surface area contributed by atoms with Gasteiger partial charge in [0.15, 0.2) is 5.17 Å². The van der Waals surface area contributed by atoms with Gasteiger partial charge in [-0.05, 0) is 47.7 Å². The predicted octanol–water partition coefficient (Wildman–Crippen LogP) is 5.69. The molecule has 0 radical (unpaired) electrons. The van der Waals surface area contributed by atoms with Gasteiger partial charge in [-0.1, -0.05) is 54.2 Å². The van der Waals surface area contributed by atoms with Crippen molar-refractivity contribution >= 4 is 57.6 Å². The number of thioether (sulfide) groups is 2. The summed E-state index contributed by atoms with van der Waals surface area (Å²) in [7, 11) is 1.96. The number of nitrogens with one attached hydrogen (secondary N) is 1. The number of amides is 2. The number of rotatable bonds is 4. The van der Waals surface area contributed by atoms with Crippen LogP contribution >= 0.6 is 23.5 Å². The van der Waals surface area contributed by atoms with E-state index in [2.05, 4.69) is 11.4 Å². The molecule has 7 nitrogen and oxygen atoms in total. The van der Waals surface area contributed by atoms with E-state index in [-0.39, 0.29) is 11.8 Å². The van der Waals surface area contributed by atoms with Crippen LogP contribution in [0, 0.1) is 11.3 Å². The van der Waals surface area contributed by atoms with Gasteiger partial charge < -0.3 is 10.2 Å². The molecule has 2 aliphatic heterocycles. The molecule has 0 saturated carbocycles. The number of hydrogen-bond acceptors (Lipinski definition) is 7. The predicted molar refractivity (Wildman–Crippen MR) is 145 cm³/mol. The quantitative estimate of drug-likeness (QED) is 0.453. The third-order valence-corrected chi connectivity index (χ3v) is 8.07. The van der Waals surface area contributed by atoms with Crippen LogP contribution < -0.4 is 10.2 Å². The van der Waals surface area contributed by atoms with E-state index in [4.69, 9.17) is 4.99 Å². The monoisotopic (exact) mass is 511 g/mol. The van der Waals surface area contributed by atoms with Crippen LogP contribution in [0.15, 0.2) is 92.6 Å². The Hall–Kier alpha value is -4.00. The Kier molecular flexibility index (Phi) is 6.55. The van der Waals surface area contributed by atoms with E-state index in [0.29, 0.717) is 33.6 Å². The van der Waals surface area contributed by atoms with Crippen molar-refractivity contribution in [2.45, 2.75) is 18.4 Å². The Morgan fingerprint density at radius 2 is 1.81 bits per heavy atom. The van der Waals surface area contributed by atoms with Crippen LogP contribution in [0.4, 0.5) is 17.1 Å². The second kappa shape index (κ2) is 9.93. The van der Waals surface area contributed by atoms with E-state index in [1.807, 2.05) is 66.5 Å². The minimum Gasteiger partial charge on any atom is -0.337 e. The van der Waals surface area contributed by atoms with Crippen LogP contribution in [0.2, 0.25) is 0 Å². The fourth-order valence-corrected chi connectivity index (χ4v) is 6.27. The van der Waals surface area contributed by atoms with Crippen molar-refractivity contribution in [2.75, 3.05) is 17.3 Å². The van der Waals surface area contributed by atoms with Crippen molar-refractivity contribution in [3.63, 3.8) is 0 Å². The van der Waals surface area contributed by atoms with Gasteiger partial charge in [0.1, 0.15) is 11.0 Å². The number of nitriles is 1. The molecule has 1 saturated heterocycles. The van der Waals surface area contributed by atoms with Gasteiger partial charge in [0.25, 0.3) is 5.91 Å². The molecule has 0 spiro atoms. The average Bonchev–Trinajstić information content (AvgIpc) is 3.36. The lowest BCUT2D eigenvalue weighted by Gasteiger charge is -2.17. The van der Waals surface area contributed by atoms with E-state index in [1.54, 1.807) is 34.9 Å². The Morgan fingerprint density at radius 3 is 2.53 bits per heavy atom. The zero-order valence-electron chi connectivity index (χ0n) is 19.6. The smallest absolute Gasteiger partial charge is 0.269 e. The molecule has 1 fully saturated rings. The SMILES string of the molecule is CC(=O)Nc1cc(N=C2S/C(=C3/Sc4ccccc4N3C)C(=O)N2Cc2ccccc2)ccc1C#N. The molecule has 0 atom stereocenters. The van der Waals surface area contributed by atoms with Gasteiger partial charge in [-0.25, -0.2) is 4.99 Å². The lowest BCUT2D eigenvalue weighted by molar-refractivity contribution is -0.122. The number of aliphatic imine (C=N–C) groups is 1. The Bertz CT molecular complexity index is 1480. The van der Waals surface area contributed by atoms with Crippen molar-refractivity contribution in [3.05, 3.63) is 93.9 Å². The number of anilines is 2. The second-order valence-electron chi connectivity index (χ2n) is 8.16. The first-order valence-corrected chi connectivity index (χ1v) is 12.8. The highest BCUT2D eigenvalue weighted by Gasteiger charge is 2.39. The Labute approximate surface area is 217 Å². The number of fused-ring (bicyclic) bond motifs is 1. The van der Waals surface area contributed by atoms with Crippen molar-refractivity contribution in [1.82, 2.24) is 4.90 Å². The topological polar surface area (TPSA) is 88.8 Å². The molecule has 36 heavy (non-hydrogen) atoms. The van der Waals surface area contributed by atoms with Crippen LogP contribution in [0.3, 0.4) is 0 Å². The van der Waals surface area contributed by atoms with E-state index in [1.165, 1.54) is 18.7 Å². The molecule has 0 aliphatic carbocycles. The molecule has 2 amide bonds. The summed E-state index contributed by atoms with van der Waals surface area (Å²) < 4.78 is 0. The van der Waals surface area contributed by atoms with Gasteiger partial charge in [0, 0.05) is 18.9 Å². The summed E-state index contributed by atoms with van der Waals surface area (Å²) in [6.45, 7) is 1.76. The highest BCUT2D eigenvalue weighted by Crippen LogP contribution is 2.50. The fraction of sp³-hybridized carbons (Fsp3) is 0.111. The first-order valence-electron chi connectivity index (χ1n) is 11.1. The number of carbonyl (C=O) groups is 2.